The molecule has 0 amide bonds. The summed E-state index contributed by atoms with van der Waals surface area (Å²) in [5.41, 5.74) is 0.644. The Morgan fingerprint density at radius 1 is 1.19 bits per heavy atom. The van der Waals surface area contributed by atoms with E-state index in [4.69, 9.17) is 23.2 Å². The van der Waals surface area contributed by atoms with Gasteiger partial charge >= 0.3 is 0 Å². The fraction of sp³-hybridized carbons (Fsp3) is 0.462. The van der Waals surface area contributed by atoms with Crippen molar-refractivity contribution in [1.82, 2.24) is 0 Å². The van der Waals surface area contributed by atoms with Gasteiger partial charge in [0.15, 0.2) is 5.78 Å². The Bertz CT molecular complexity index is 445. The van der Waals surface area contributed by atoms with Gasteiger partial charge in [-0.3, -0.25) is 4.79 Å². The molecule has 0 aromatic heterocycles. The van der Waals surface area contributed by atoms with E-state index in [1.165, 1.54) is 19.3 Å². The van der Waals surface area contributed by atoms with Crippen LogP contribution in [0.25, 0.3) is 0 Å². The van der Waals surface area contributed by atoms with Crippen LogP contribution in [0.3, 0.4) is 0 Å². The summed E-state index contributed by atoms with van der Waals surface area (Å²) in [6, 6.07) is 5.13. The van der Waals surface area contributed by atoms with Crippen LogP contribution < -0.4 is 0 Å². The fourth-order valence-electron chi connectivity index (χ4n) is 3.08. The molecule has 16 heavy (non-hydrogen) atoms. The highest BCUT2D eigenvalue weighted by Crippen LogP contribution is 2.58. The van der Waals surface area contributed by atoms with Gasteiger partial charge < -0.3 is 0 Å². The molecule has 1 aromatic rings. The molecule has 84 valence electrons. The van der Waals surface area contributed by atoms with E-state index in [0.29, 0.717) is 27.4 Å². The Hall–Kier alpha value is -0.530. The number of carbonyl (C=O) groups excluding carboxylic acids is 1. The molecule has 0 spiro atoms. The van der Waals surface area contributed by atoms with E-state index in [-0.39, 0.29) is 11.7 Å². The second-order valence-corrected chi connectivity index (χ2v) is 5.62. The van der Waals surface area contributed by atoms with Crippen molar-refractivity contribution in [3.8, 4) is 0 Å². The number of hydrogen-bond acceptors (Lipinski definition) is 1. The molecule has 2 fully saturated rings. The molecule has 0 radical (unpaired) electrons. The summed E-state index contributed by atoms with van der Waals surface area (Å²) in [5, 5.41) is 1.07. The summed E-state index contributed by atoms with van der Waals surface area (Å²) in [4.78, 5) is 12.2. The summed E-state index contributed by atoms with van der Waals surface area (Å²) in [5.74, 6) is 1.74. The van der Waals surface area contributed by atoms with E-state index in [9.17, 15) is 4.79 Å². The summed E-state index contributed by atoms with van der Waals surface area (Å²) >= 11 is 11.9. The second-order valence-electron chi connectivity index (χ2n) is 4.77. The number of fused-ring (bicyclic) bond motifs is 1. The zero-order valence-electron chi connectivity index (χ0n) is 8.75. The number of hydrogen-bond donors (Lipinski definition) is 0. The van der Waals surface area contributed by atoms with E-state index in [0.717, 1.165) is 0 Å². The lowest BCUT2D eigenvalue weighted by Gasteiger charge is -2.05. The highest BCUT2D eigenvalue weighted by atomic mass is 35.5. The Balaban J connectivity index is 1.85. The van der Waals surface area contributed by atoms with Gasteiger partial charge in [-0.1, -0.05) is 29.6 Å². The molecular formula is C13H12Cl2O. The number of benzene rings is 1. The van der Waals surface area contributed by atoms with Crippen LogP contribution in [0.4, 0.5) is 0 Å². The quantitative estimate of drug-likeness (QED) is 0.723. The van der Waals surface area contributed by atoms with Crippen LogP contribution >= 0.6 is 23.2 Å². The van der Waals surface area contributed by atoms with Crippen LogP contribution in [0, 0.1) is 17.8 Å². The lowest BCUT2D eigenvalue weighted by atomic mass is 10.0. The molecule has 0 N–H and O–H groups in total. The monoisotopic (exact) mass is 254 g/mol. The predicted octanol–water partition coefficient (Wildman–Crippen LogP) is 4.22. The minimum atomic E-state index is 0.219. The molecule has 0 heterocycles. The van der Waals surface area contributed by atoms with Gasteiger partial charge in [-0.25, -0.2) is 0 Å². The van der Waals surface area contributed by atoms with Gasteiger partial charge in [0.1, 0.15) is 0 Å². The van der Waals surface area contributed by atoms with Crippen molar-refractivity contribution in [3.05, 3.63) is 33.8 Å². The highest BCUT2D eigenvalue weighted by molar-refractivity contribution is 6.37. The zero-order valence-corrected chi connectivity index (χ0v) is 10.3. The Labute approximate surface area is 105 Å². The Kier molecular flexibility index (Phi) is 2.49. The molecule has 0 aliphatic heterocycles. The van der Waals surface area contributed by atoms with Gasteiger partial charge in [-0.2, -0.15) is 0 Å². The lowest BCUT2D eigenvalue weighted by molar-refractivity contribution is 0.0952. The third-order valence-corrected chi connectivity index (χ3v) is 4.45. The number of ketones is 1. The molecule has 1 aromatic carbocycles. The molecule has 0 saturated heterocycles. The van der Waals surface area contributed by atoms with Gasteiger partial charge in [0.2, 0.25) is 0 Å². The first-order valence-electron chi connectivity index (χ1n) is 5.68. The first kappa shape index (κ1) is 10.6. The zero-order chi connectivity index (χ0) is 11.3. The number of rotatable bonds is 2. The average Bonchev–Trinajstić information content (AvgIpc) is 2.71. The molecule has 2 saturated carbocycles. The smallest absolute Gasteiger partial charge is 0.168 e. The maximum atomic E-state index is 12.2. The third-order valence-electron chi connectivity index (χ3n) is 3.91. The fourth-order valence-corrected chi connectivity index (χ4v) is 3.58. The molecule has 2 aliphatic rings. The largest absolute Gasteiger partial charge is 0.294 e. The van der Waals surface area contributed by atoms with Crippen LogP contribution in [0.5, 0.6) is 0 Å². The van der Waals surface area contributed by atoms with E-state index in [1.54, 1.807) is 18.2 Å². The minimum absolute atomic E-state index is 0.219. The van der Waals surface area contributed by atoms with Gasteiger partial charge in [0.05, 0.1) is 5.02 Å². The van der Waals surface area contributed by atoms with E-state index < -0.39 is 0 Å². The average molecular weight is 255 g/mol. The van der Waals surface area contributed by atoms with Gasteiger partial charge in [0, 0.05) is 16.5 Å². The normalized spacial score (nSPS) is 31.2. The van der Waals surface area contributed by atoms with Crippen molar-refractivity contribution in [2.45, 2.75) is 19.3 Å². The maximum Gasteiger partial charge on any atom is 0.168 e. The van der Waals surface area contributed by atoms with Gasteiger partial charge in [-0.15, -0.1) is 0 Å². The van der Waals surface area contributed by atoms with Crippen molar-refractivity contribution < 1.29 is 4.79 Å². The Morgan fingerprint density at radius 2 is 1.88 bits per heavy atom. The Morgan fingerprint density at radius 3 is 2.50 bits per heavy atom. The lowest BCUT2D eigenvalue weighted by Crippen LogP contribution is -2.06. The van der Waals surface area contributed by atoms with Crippen LogP contribution in [0.2, 0.25) is 10.0 Å². The standard InChI is InChI=1S/C13H12Cl2O/c14-7-4-5-10(11(15)6-7)13(16)12-8-2-1-3-9(8)12/h4-6,8-9,12H,1-3H2. The van der Waals surface area contributed by atoms with Crippen LogP contribution in [0.1, 0.15) is 29.6 Å². The topological polar surface area (TPSA) is 17.1 Å². The van der Waals surface area contributed by atoms with Gasteiger partial charge in [0.25, 0.3) is 0 Å². The van der Waals surface area contributed by atoms with Crippen LogP contribution in [-0.2, 0) is 0 Å². The second kappa shape index (κ2) is 3.75. The summed E-state index contributed by atoms with van der Waals surface area (Å²) in [7, 11) is 0. The maximum absolute atomic E-state index is 12.2. The number of carbonyl (C=O) groups is 1. The SMILES string of the molecule is O=C(c1ccc(Cl)cc1Cl)C1C2CCCC21. The predicted molar refractivity (Wildman–Crippen MR) is 65.1 cm³/mol. The molecule has 0 bridgehead atoms. The van der Waals surface area contributed by atoms with E-state index in [2.05, 4.69) is 0 Å². The first-order chi connectivity index (χ1) is 7.68. The summed E-state index contributed by atoms with van der Waals surface area (Å²) in [6.07, 6.45) is 3.71. The molecule has 2 aliphatic carbocycles. The van der Waals surface area contributed by atoms with Crippen molar-refractivity contribution in [2.75, 3.05) is 0 Å². The molecule has 3 heteroatoms. The van der Waals surface area contributed by atoms with Crippen molar-refractivity contribution >= 4 is 29.0 Å². The van der Waals surface area contributed by atoms with Crippen LogP contribution in [0.15, 0.2) is 18.2 Å². The first-order valence-corrected chi connectivity index (χ1v) is 6.43. The third kappa shape index (κ3) is 1.57. The van der Waals surface area contributed by atoms with Crippen molar-refractivity contribution in [3.63, 3.8) is 0 Å². The van der Waals surface area contributed by atoms with Crippen molar-refractivity contribution in [2.24, 2.45) is 17.8 Å². The highest BCUT2D eigenvalue weighted by Gasteiger charge is 2.56. The molecular weight excluding hydrogens is 243 g/mol. The van der Waals surface area contributed by atoms with E-state index in [1.807, 2.05) is 0 Å². The molecule has 2 atom stereocenters. The van der Waals surface area contributed by atoms with Crippen LogP contribution in [-0.4, -0.2) is 5.78 Å². The molecule has 3 rings (SSSR count). The number of Topliss-reactive ketones (excluding diaryl/α,β-unsaturated/α-hetero) is 1. The van der Waals surface area contributed by atoms with Crippen molar-refractivity contribution in [1.29, 1.82) is 0 Å². The van der Waals surface area contributed by atoms with E-state index >= 15 is 0 Å². The molecule has 1 nitrogen and oxygen atoms in total. The number of halogens is 2. The summed E-state index contributed by atoms with van der Waals surface area (Å²) < 4.78 is 0. The minimum Gasteiger partial charge on any atom is -0.294 e. The summed E-state index contributed by atoms with van der Waals surface area (Å²) in [6.45, 7) is 0. The van der Waals surface area contributed by atoms with Gasteiger partial charge in [-0.05, 0) is 42.9 Å². The molecule has 2 unspecified atom stereocenters.